The standard InChI is InChI=1S/C12H16ClN4O5P/c1-4-20-23(19,21-5-2)12-11(18)17(3)16-10(22-12)8-9(13)15-7-6-14-8/h6-7,12H,4-5H2,1-3H3. The molecular weight excluding hydrogens is 347 g/mol. The Balaban J connectivity index is 2.40. The van der Waals surface area contributed by atoms with Gasteiger partial charge in [0, 0.05) is 19.4 Å². The van der Waals surface area contributed by atoms with Crippen molar-refractivity contribution < 1.29 is 23.1 Å². The minimum atomic E-state index is -3.85. The second-order valence-corrected chi connectivity index (χ2v) is 6.73. The van der Waals surface area contributed by atoms with Crippen molar-refractivity contribution in [2.75, 3.05) is 20.3 Å². The Morgan fingerprint density at radius 1 is 1.30 bits per heavy atom. The van der Waals surface area contributed by atoms with Crippen LogP contribution in [0.5, 0.6) is 0 Å². The number of hydrazone groups is 1. The highest BCUT2D eigenvalue weighted by Gasteiger charge is 2.48. The van der Waals surface area contributed by atoms with E-state index in [0.717, 1.165) is 5.01 Å². The van der Waals surface area contributed by atoms with Gasteiger partial charge in [-0.05, 0) is 13.8 Å². The molecule has 11 heteroatoms. The van der Waals surface area contributed by atoms with Crippen LogP contribution in [0.3, 0.4) is 0 Å². The van der Waals surface area contributed by atoms with Crippen LogP contribution in [-0.4, -0.2) is 52.9 Å². The van der Waals surface area contributed by atoms with Crippen molar-refractivity contribution >= 4 is 31.0 Å². The maximum atomic E-state index is 12.8. The molecule has 1 aliphatic heterocycles. The van der Waals surface area contributed by atoms with Crippen LogP contribution in [0.1, 0.15) is 19.5 Å². The summed E-state index contributed by atoms with van der Waals surface area (Å²) < 4.78 is 28.7. The largest absolute Gasteiger partial charge is 0.448 e. The predicted molar refractivity (Wildman–Crippen MR) is 82.1 cm³/mol. The second kappa shape index (κ2) is 7.35. The zero-order valence-electron chi connectivity index (χ0n) is 12.8. The van der Waals surface area contributed by atoms with Gasteiger partial charge in [0.15, 0.2) is 10.8 Å². The average Bonchev–Trinajstić information content (AvgIpc) is 2.51. The molecular formula is C12H16ClN4O5P. The lowest BCUT2D eigenvalue weighted by molar-refractivity contribution is -0.137. The van der Waals surface area contributed by atoms with E-state index in [1.807, 2.05) is 0 Å². The van der Waals surface area contributed by atoms with Crippen molar-refractivity contribution in [2.45, 2.75) is 19.7 Å². The van der Waals surface area contributed by atoms with Gasteiger partial charge in [-0.1, -0.05) is 11.6 Å². The molecule has 126 valence electrons. The third-order valence-corrected chi connectivity index (χ3v) is 5.17. The van der Waals surface area contributed by atoms with Gasteiger partial charge in [-0.15, -0.1) is 5.10 Å². The summed E-state index contributed by atoms with van der Waals surface area (Å²) in [5.74, 6) is -2.23. The highest BCUT2D eigenvalue weighted by molar-refractivity contribution is 7.55. The van der Waals surface area contributed by atoms with Crippen LogP contribution in [0.15, 0.2) is 17.5 Å². The van der Waals surface area contributed by atoms with Crippen molar-refractivity contribution in [3.05, 3.63) is 23.2 Å². The number of halogens is 1. The van der Waals surface area contributed by atoms with Crippen LogP contribution in [-0.2, 0) is 23.1 Å². The third-order valence-electron chi connectivity index (χ3n) is 2.76. The molecule has 2 rings (SSSR count). The molecule has 1 atom stereocenters. The number of amides is 1. The summed E-state index contributed by atoms with van der Waals surface area (Å²) in [4.78, 5) is 20.2. The van der Waals surface area contributed by atoms with Crippen LogP contribution in [0.25, 0.3) is 0 Å². The smallest absolute Gasteiger partial charge is 0.380 e. The van der Waals surface area contributed by atoms with Gasteiger partial charge in [0.1, 0.15) is 0 Å². The molecule has 1 aromatic heterocycles. The molecule has 0 aromatic carbocycles. The van der Waals surface area contributed by atoms with Crippen molar-refractivity contribution in [3.8, 4) is 0 Å². The van der Waals surface area contributed by atoms with Gasteiger partial charge < -0.3 is 13.8 Å². The highest BCUT2D eigenvalue weighted by Crippen LogP contribution is 2.54. The monoisotopic (exact) mass is 362 g/mol. The molecule has 1 aromatic rings. The number of ether oxygens (including phenoxy) is 1. The minimum absolute atomic E-state index is 0.0374. The van der Waals surface area contributed by atoms with Crippen LogP contribution in [0.4, 0.5) is 0 Å². The van der Waals surface area contributed by atoms with Crippen LogP contribution >= 0.6 is 19.2 Å². The van der Waals surface area contributed by atoms with Crippen molar-refractivity contribution in [2.24, 2.45) is 5.10 Å². The fraction of sp³-hybridized carbons (Fsp3) is 0.500. The number of nitrogens with zero attached hydrogens (tertiary/aromatic N) is 4. The first-order valence-corrected chi connectivity index (χ1v) is 8.80. The average molecular weight is 363 g/mol. The SMILES string of the molecule is CCOP(=O)(OCC)C1OC(c2nccnc2Cl)=NN(C)C1=O. The Kier molecular flexibility index (Phi) is 5.69. The maximum Gasteiger partial charge on any atom is 0.380 e. The van der Waals surface area contributed by atoms with Crippen molar-refractivity contribution in [1.82, 2.24) is 15.0 Å². The molecule has 9 nitrogen and oxygen atoms in total. The number of carbonyl (C=O) groups is 1. The molecule has 0 saturated heterocycles. The Morgan fingerprint density at radius 3 is 2.48 bits per heavy atom. The highest BCUT2D eigenvalue weighted by atomic mass is 35.5. The van der Waals surface area contributed by atoms with Gasteiger partial charge in [0.05, 0.1) is 13.2 Å². The molecule has 0 fully saturated rings. The molecule has 0 N–H and O–H groups in total. The van der Waals surface area contributed by atoms with Crippen LogP contribution in [0, 0.1) is 0 Å². The van der Waals surface area contributed by atoms with E-state index in [4.69, 9.17) is 25.4 Å². The predicted octanol–water partition coefficient (Wildman–Crippen LogP) is 1.87. The van der Waals surface area contributed by atoms with E-state index in [0.29, 0.717) is 0 Å². The molecule has 1 amide bonds. The summed E-state index contributed by atoms with van der Waals surface area (Å²) >= 11 is 5.96. The zero-order valence-corrected chi connectivity index (χ0v) is 14.5. The topological polar surface area (TPSA) is 103 Å². The van der Waals surface area contributed by atoms with Gasteiger partial charge in [-0.25, -0.2) is 15.0 Å². The molecule has 0 radical (unpaired) electrons. The first-order valence-electron chi connectivity index (χ1n) is 6.81. The summed E-state index contributed by atoms with van der Waals surface area (Å²) in [6.45, 7) is 3.45. The number of hydrogen-bond acceptors (Lipinski definition) is 8. The van der Waals surface area contributed by atoms with Gasteiger partial charge >= 0.3 is 7.60 Å². The first-order chi connectivity index (χ1) is 10.9. The fourth-order valence-corrected chi connectivity index (χ4v) is 3.74. The Bertz CT molecular complexity index is 661. The Labute approximate surface area is 138 Å². The zero-order chi connectivity index (χ0) is 17.0. The molecule has 0 bridgehead atoms. The number of rotatable bonds is 6. The van der Waals surface area contributed by atoms with E-state index >= 15 is 0 Å². The molecule has 0 aliphatic carbocycles. The van der Waals surface area contributed by atoms with Gasteiger partial charge in [0.25, 0.3) is 17.6 Å². The number of aromatic nitrogens is 2. The third kappa shape index (κ3) is 3.69. The molecule has 0 saturated carbocycles. The quantitative estimate of drug-likeness (QED) is 0.711. The van der Waals surface area contributed by atoms with Crippen molar-refractivity contribution in [3.63, 3.8) is 0 Å². The van der Waals surface area contributed by atoms with Crippen LogP contribution < -0.4 is 0 Å². The van der Waals surface area contributed by atoms with E-state index in [1.54, 1.807) is 13.8 Å². The maximum absolute atomic E-state index is 12.8. The summed E-state index contributed by atoms with van der Waals surface area (Å²) in [5.41, 5.74) is 0.123. The molecule has 2 heterocycles. The molecule has 1 aliphatic rings. The van der Waals surface area contributed by atoms with Gasteiger partial charge in [-0.2, -0.15) is 0 Å². The summed E-state index contributed by atoms with van der Waals surface area (Å²) in [5, 5.41) is 4.96. The van der Waals surface area contributed by atoms with Gasteiger partial charge in [-0.3, -0.25) is 9.36 Å². The fourth-order valence-electron chi connectivity index (χ4n) is 1.83. The van der Waals surface area contributed by atoms with E-state index < -0.39 is 19.3 Å². The van der Waals surface area contributed by atoms with Crippen molar-refractivity contribution in [1.29, 1.82) is 0 Å². The second-order valence-electron chi connectivity index (χ2n) is 4.31. The lowest BCUT2D eigenvalue weighted by Crippen LogP contribution is -2.43. The lowest BCUT2D eigenvalue weighted by Gasteiger charge is -2.31. The Hall–Kier alpha value is -1.54. The van der Waals surface area contributed by atoms with E-state index in [1.165, 1.54) is 19.4 Å². The molecule has 23 heavy (non-hydrogen) atoms. The number of carbonyl (C=O) groups excluding carboxylic acids is 1. The number of hydrogen-bond donors (Lipinski definition) is 0. The first kappa shape index (κ1) is 17.8. The van der Waals surface area contributed by atoms with E-state index in [9.17, 15) is 9.36 Å². The van der Waals surface area contributed by atoms with E-state index in [2.05, 4.69) is 15.1 Å². The summed E-state index contributed by atoms with van der Waals surface area (Å²) in [7, 11) is -2.45. The normalized spacial score (nSPS) is 18.6. The van der Waals surface area contributed by atoms with Crippen LogP contribution in [0.2, 0.25) is 5.15 Å². The van der Waals surface area contributed by atoms with Gasteiger partial charge in [0.2, 0.25) is 0 Å². The summed E-state index contributed by atoms with van der Waals surface area (Å²) in [6.07, 6.45) is 2.79. The Morgan fingerprint density at radius 2 is 1.91 bits per heavy atom. The molecule has 1 unspecified atom stereocenters. The minimum Gasteiger partial charge on any atom is -0.448 e. The summed E-state index contributed by atoms with van der Waals surface area (Å²) in [6, 6.07) is 0. The van der Waals surface area contributed by atoms with E-state index in [-0.39, 0.29) is 30.0 Å². The molecule has 0 spiro atoms. The number of likely N-dealkylation sites (N-methyl/N-ethyl adjacent to an activating group) is 1. The lowest BCUT2D eigenvalue weighted by atomic mass is 10.4.